The third kappa shape index (κ3) is 3.52. The number of halogens is 2. The number of carbonyl (C=O) groups excluding carboxylic acids is 1. The van der Waals surface area contributed by atoms with Gasteiger partial charge in [-0.15, -0.1) is 0 Å². The molecule has 2 rings (SSSR count). The molecular weight excluding hydrogens is 292 g/mol. The summed E-state index contributed by atoms with van der Waals surface area (Å²) in [6.07, 6.45) is 0. The van der Waals surface area contributed by atoms with Gasteiger partial charge < -0.3 is 14.8 Å². The van der Waals surface area contributed by atoms with E-state index in [2.05, 4.69) is 5.32 Å². The summed E-state index contributed by atoms with van der Waals surface area (Å²) in [4.78, 5) is 11.9. The van der Waals surface area contributed by atoms with Crippen LogP contribution in [0.2, 0.25) is 0 Å². The summed E-state index contributed by atoms with van der Waals surface area (Å²) in [5.41, 5.74) is 0.730. The Morgan fingerprint density at radius 1 is 1.00 bits per heavy atom. The van der Waals surface area contributed by atoms with Crippen molar-refractivity contribution >= 4 is 5.91 Å². The number of ether oxygens (including phenoxy) is 2. The van der Waals surface area contributed by atoms with E-state index in [4.69, 9.17) is 9.47 Å². The van der Waals surface area contributed by atoms with Crippen LogP contribution in [0, 0.1) is 11.6 Å². The van der Waals surface area contributed by atoms with Gasteiger partial charge in [0.2, 0.25) is 0 Å². The molecule has 4 nitrogen and oxygen atoms in total. The van der Waals surface area contributed by atoms with Crippen molar-refractivity contribution in [3.63, 3.8) is 0 Å². The lowest BCUT2D eigenvalue weighted by Gasteiger charge is -2.08. The van der Waals surface area contributed by atoms with Gasteiger partial charge in [0.05, 0.1) is 14.2 Å². The Labute approximate surface area is 126 Å². The van der Waals surface area contributed by atoms with Gasteiger partial charge in [-0.25, -0.2) is 8.78 Å². The molecule has 22 heavy (non-hydrogen) atoms. The zero-order valence-electron chi connectivity index (χ0n) is 12.2. The first kappa shape index (κ1) is 15.8. The van der Waals surface area contributed by atoms with Crippen LogP contribution in [-0.4, -0.2) is 20.1 Å². The predicted octanol–water partition coefficient (Wildman–Crippen LogP) is 2.91. The third-order valence-corrected chi connectivity index (χ3v) is 3.08. The Morgan fingerprint density at radius 3 is 2.14 bits per heavy atom. The highest BCUT2D eigenvalue weighted by atomic mass is 19.1. The van der Waals surface area contributed by atoms with Crippen LogP contribution < -0.4 is 14.8 Å². The van der Waals surface area contributed by atoms with E-state index in [0.717, 1.165) is 6.07 Å². The Kier molecular flexibility index (Phi) is 4.93. The summed E-state index contributed by atoms with van der Waals surface area (Å²) in [6.45, 7) is 0.118. The summed E-state index contributed by atoms with van der Waals surface area (Å²) in [5, 5.41) is 2.59. The van der Waals surface area contributed by atoms with E-state index in [1.165, 1.54) is 38.5 Å². The predicted molar refractivity (Wildman–Crippen MR) is 77.1 cm³/mol. The van der Waals surface area contributed by atoms with Crippen LogP contribution in [0.15, 0.2) is 36.4 Å². The van der Waals surface area contributed by atoms with Crippen molar-refractivity contribution in [3.05, 3.63) is 59.2 Å². The molecule has 2 aromatic carbocycles. The van der Waals surface area contributed by atoms with Crippen LogP contribution >= 0.6 is 0 Å². The van der Waals surface area contributed by atoms with Gasteiger partial charge in [0.25, 0.3) is 5.91 Å². The quantitative estimate of drug-likeness (QED) is 0.924. The lowest BCUT2D eigenvalue weighted by atomic mass is 10.1. The van der Waals surface area contributed by atoms with Crippen molar-refractivity contribution in [1.82, 2.24) is 5.32 Å². The summed E-state index contributed by atoms with van der Waals surface area (Å²) < 4.78 is 36.7. The van der Waals surface area contributed by atoms with Gasteiger partial charge in [-0.3, -0.25) is 4.79 Å². The fourth-order valence-electron chi connectivity index (χ4n) is 1.91. The molecule has 0 bridgehead atoms. The third-order valence-electron chi connectivity index (χ3n) is 3.08. The molecule has 1 N–H and O–H groups in total. The normalized spacial score (nSPS) is 10.2. The summed E-state index contributed by atoms with van der Waals surface area (Å²) >= 11 is 0. The molecule has 116 valence electrons. The molecule has 0 radical (unpaired) electrons. The first-order chi connectivity index (χ1) is 10.5. The van der Waals surface area contributed by atoms with Crippen molar-refractivity contribution in [1.29, 1.82) is 0 Å². The molecule has 0 aliphatic carbocycles. The summed E-state index contributed by atoms with van der Waals surface area (Å²) in [6, 6.07) is 8.29. The van der Waals surface area contributed by atoms with E-state index in [1.807, 2.05) is 0 Å². The van der Waals surface area contributed by atoms with Gasteiger partial charge >= 0.3 is 0 Å². The zero-order chi connectivity index (χ0) is 16.1. The van der Waals surface area contributed by atoms with E-state index < -0.39 is 17.5 Å². The smallest absolute Gasteiger partial charge is 0.251 e. The van der Waals surface area contributed by atoms with E-state index in [-0.39, 0.29) is 23.6 Å². The lowest BCUT2D eigenvalue weighted by Crippen LogP contribution is -2.23. The Balaban J connectivity index is 2.03. The minimum absolute atomic E-state index is 0.0637. The second-order valence-corrected chi connectivity index (χ2v) is 4.50. The van der Waals surface area contributed by atoms with Gasteiger partial charge in [0.15, 0.2) is 23.1 Å². The molecule has 0 fully saturated rings. The maximum Gasteiger partial charge on any atom is 0.251 e. The zero-order valence-corrected chi connectivity index (χ0v) is 12.2. The van der Waals surface area contributed by atoms with Crippen LogP contribution in [0.25, 0.3) is 0 Å². The number of benzene rings is 2. The van der Waals surface area contributed by atoms with Crippen molar-refractivity contribution in [2.24, 2.45) is 0 Å². The second kappa shape index (κ2) is 6.89. The monoisotopic (exact) mass is 307 g/mol. The fourth-order valence-corrected chi connectivity index (χ4v) is 1.91. The van der Waals surface area contributed by atoms with Crippen molar-refractivity contribution in [2.45, 2.75) is 6.54 Å². The lowest BCUT2D eigenvalue weighted by molar-refractivity contribution is 0.0950. The number of carbonyl (C=O) groups is 1. The Morgan fingerprint density at radius 2 is 1.59 bits per heavy atom. The molecule has 0 unspecified atom stereocenters. The fraction of sp³-hybridized carbons (Fsp3) is 0.188. The molecule has 2 aromatic rings. The van der Waals surface area contributed by atoms with Gasteiger partial charge in [-0.1, -0.05) is 6.07 Å². The van der Waals surface area contributed by atoms with E-state index in [1.54, 1.807) is 6.07 Å². The average Bonchev–Trinajstić information content (AvgIpc) is 2.52. The minimum atomic E-state index is -0.620. The van der Waals surface area contributed by atoms with Crippen LogP contribution in [0.3, 0.4) is 0 Å². The van der Waals surface area contributed by atoms with Gasteiger partial charge in [0.1, 0.15) is 0 Å². The molecule has 0 aliphatic heterocycles. The van der Waals surface area contributed by atoms with Gasteiger partial charge in [0, 0.05) is 12.1 Å². The maximum absolute atomic E-state index is 13.5. The molecule has 1 amide bonds. The second-order valence-electron chi connectivity index (χ2n) is 4.50. The number of methoxy groups -OCH3 is 2. The van der Waals surface area contributed by atoms with Gasteiger partial charge in [-0.2, -0.15) is 0 Å². The maximum atomic E-state index is 13.5. The van der Waals surface area contributed by atoms with Crippen molar-refractivity contribution in [3.8, 4) is 11.5 Å². The van der Waals surface area contributed by atoms with Crippen molar-refractivity contribution in [2.75, 3.05) is 14.2 Å². The molecule has 6 heteroatoms. The highest BCUT2D eigenvalue weighted by Gasteiger charge is 2.10. The van der Waals surface area contributed by atoms with Crippen LogP contribution in [-0.2, 0) is 6.54 Å². The topological polar surface area (TPSA) is 47.6 Å². The summed E-state index contributed by atoms with van der Waals surface area (Å²) in [7, 11) is 2.72. The molecule has 0 spiro atoms. The van der Waals surface area contributed by atoms with Crippen LogP contribution in [0.5, 0.6) is 11.5 Å². The number of hydrogen-bond donors (Lipinski definition) is 1. The molecule has 0 heterocycles. The van der Waals surface area contributed by atoms with E-state index in [9.17, 15) is 13.6 Å². The first-order valence-electron chi connectivity index (χ1n) is 6.49. The molecular formula is C16H15F2NO3. The van der Waals surface area contributed by atoms with Crippen LogP contribution in [0.1, 0.15) is 15.9 Å². The largest absolute Gasteiger partial charge is 0.494 e. The van der Waals surface area contributed by atoms with Crippen LogP contribution in [0.4, 0.5) is 8.78 Å². The standard InChI is InChI=1S/C16H15F2NO3/c1-21-14-5-3-10(7-12(14)17)9-19-16(20)11-4-6-15(22-2)13(18)8-11/h3-8H,9H2,1-2H3,(H,19,20). The number of nitrogens with one attached hydrogen (secondary N) is 1. The average molecular weight is 307 g/mol. The molecule has 0 aliphatic rings. The highest BCUT2D eigenvalue weighted by Crippen LogP contribution is 2.19. The minimum Gasteiger partial charge on any atom is -0.494 e. The first-order valence-corrected chi connectivity index (χ1v) is 6.49. The Bertz CT molecular complexity index is 689. The SMILES string of the molecule is COc1ccc(CNC(=O)c2ccc(OC)c(F)c2)cc1F. The van der Waals surface area contributed by atoms with E-state index in [0.29, 0.717) is 5.56 Å². The van der Waals surface area contributed by atoms with Gasteiger partial charge in [-0.05, 0) is 35.9 Å². The number of rotatable bonds is 5. The van der Waals surface area contributed by atoms with E-state index >= 15 is 0 Å². The molecule has 0 saturated carbocycles. The molecule has 0 aromatic heterocycles. The number of hydrogen-bond acceptors (Lipinski definition) is 3. The Hall–Kier alpha value is -2.63. The molecule has 0 atom stereocenters. The highest BCUT2D eigenvalue weighted by molar-refractivity contribution is 5.94. The number of amides is 1. The molecule has 0 saturated heterocycles. The summed E-state index contributed by atoms with van der Waals surface area (Å²) in [5.74, 6) is -1.39. The van der Waals surface area contributed by atoms with Crippen molar-refractivity contribution < 1.29 is 23.0 Å².